The smallest absolute Gasteiger partial charge is 0.264 e. The summed E-state index contributed by atoms with van der Waals surface area (Å²) < 4.78 is 2.23. The van der Waals surface area contributed by atoms with Crippen LogP contribution in [0.5, 0.6) is 0 Å². The van der Waals surface area contributed by atoms with E-state index in [0.29, 0.717) is 10.7 Å². The molecule has 27 heavy (non-hydrogen) atoms. The van der Waals surface area contributed by atoms with E-state index in [4.69, 9.17) is 5.84 Å². The standard InChI is InChI=1S/C18H17BrN6OS/c1-12-5-7-14(8-6-12)16(26)11-27-18-24-23-17(25(18)20)22-21-10-13-3-2-4-15(19)9-13/h2-10H,11,20H2,1H3,(H,22,23)/b21-10+. The van der Waals surface area contributed by atoms with E-state index < -0.39 is 0 Å². The summed E-state index contributed by atoms with van der Waals surface area (Å²) in [4.78, 5) is 12.2. The molecule has 2 aromatic carbocycles. The first-order chi connectivity index (χ1) is 13.0. The van der Waals surface area contributed by atoms with Gasteiger partial charge in [-0.2, -0.15) is 5.10 Å². The SMILES string of the molecule is Cc1ccc(C(=O)CSc2nnc(N/N=C/c3cccc(Br)c3)n2N)cc1. The zero-order valence-electron chi connectivity index (χ0n) is 14.5. The van der Waals surface area contributed by atoms with Crippen molar-refractivity contribution in [3.63, 3.8) is 0 Å². The van der Waals surface area contributed by atoms with Crippen LogP contribution in [0, 0.1) is 6.92 Å². The topological polar surface area (TPSA) is 98.2 Å². The fourth-order valence-corrected chi connectivity index (χ4v) is 3.32. The molecule has 1 aromatic heterocycles. The van der Waals surface area contributed by atoms with Gasteiger partial charge in [-0.05, 0) is 24.6 Å². The first-order valence-corrected chi connectivity index (χ1v) is 9.78. The number of nitrogens with zero attached hydrogens (tertiary/aromatic N) is 4. The molecule has 0 fully saturated rings. The van der Waals surface area contributed by atoms with E-state index in [1.807, 2.05) is 55.5 Å². The summed E-state index contributed by atoms with van der Waals surface area (Å²) in [5.74, 6) is 6.48. The lowest BCUT2D eigenvalue weighted by atomic mass is 10.1. The van der Waals surface area contributed by atoms with Crippen LogP contribution in [0.1, 0.15) is 21.5 Å². The molecule has 0 aliphatic heterocycles. The molecule has 0 amide bonds. The molecule has 0 saturated heterocycles. The van der Waals surface area contributed by atoms with E-state index in [1.54, 1.807) is 6.21 Å². The molecule has 138 valence electrons. The summed E-state index contributed by atoms with van der Waals surface area (Å²) in [6.07, 6.45) is 1.65. The van der Waals surface area contributed by atoms with Crippen LogP contribution in [0.2, 0.25) is 0 Å². The number of ketones is 1. The molecule has 0 unspecified atom stereocenters. The molecule has 3 rings (SSSR count). The Balaban J connectivity index is 1.58. The number of halogens is 1. The van der Waals surface area contributed by atoms with Crippen LogP contribution in [0.15, 0.2) is 63.3 Å². The van der Waals surface area contributed by atoms with E-state index in [1.165, 1.54) is 16.4 Å². The van der Waals surface area contributed by atoms with E-state index in [0.717, 1.165) is 15.6 Å². The second-order valence-electron chi connectivity index (χ2n) is 5.68. The van der Waals surface area contributed by atoms with Crippen molar-refractivity contribution < 1.29 is 4.79 Å². The zero-order chi connectivity index (χ0) is 19.2. The summed E-state index contributed by atoms with van der Waals surface area (Å²) >= 11 is 4.63. The number of carbonyl (C=O) groups excluding carboxylic acids is 1. The number of hydrogen-bond acceptors (Lipinski definition) is 7. The van der Waals surface area contributed by atoms with Gasteiger partial charge in [0.2, 0.25) is 5.16 Å². The van der Waals surface area contributed by atoms with Crippen LogP contribution in [-0.4, -0.2) is 32.6 Å². The van der Waals surface area contributed by atoms with E-state index >= 15 is 0 Å². The molecular weight excluding hydrogens is 428 g/mol. The van der Waals surface area contributed by atoms with Crippen LogP contribution < -0.4 is 11.3 Å². The number of nitrogens with two attached hydrogens (primary N) is 1. The van der Waals surface area contributed by atoms with E-state index in [9.17, 15) is 4.79 Å². The second-order valence-corrected chi connectivity index (χ2v) is 7.54. The largest absolute Gasteiger partial charge is 0.334 e. The summed E-state index contributed by atoms with van der Waals surface area (Å²) in [6, 6.07) is 15.1. The van der Waals surface area contributed by atoms with Crippen LogP contribution >= 0.6 is 27.7 Å². The minimum absolute atomic E-state index is 0.00480. The Labute approximate surface area is 169 Å². The number of nitrogens with one attached hydrogen (secondary N) is 1. The molecule has 0 radical (unpaired) electrons. The van der Waals surface area contributed by atoms with Gasteiger partial charge in [0.25, 0.3) is 5.95 Å². The molecule has 0 bridgehead atoms. The summed E-state index contributed by atoms with van der Waals surface area (Å²) in [7, 11) is 0. The molecular formula is C18H17BrN6OS. The summed E-state index contributed by atoms with van der Waals surface area (Å²) in [6.45, 7) is 1.98. The highest BCUT2D eigenvalue weighted by molar-refractivity contribution is 9.10. The third-order valence-corrected chi connectivity index (χ3v) is 5.03. The number of anilines is 1. The Hall–Kier alpha value is -2.65. The molecule has 0 aliphatic rings. The number of nitrogen functional groups attached to an aromatic ring is 1. The fourth-order valence-electron chi connectivity index (χ4n) is 2.16. The van der Waals surface area contributed by atoms with Crippen LogP contribution in [0.4, 0.5) is 5.95 Å². The number of benzene rings is 2. The highest BCUT2D eigenvalue weighted by atomic mass is 79.9. The van der Waals surface area contributed by atoms with Gasteiger partial charge in [-0.25, -0.2) is 10.1 Å². The van der Waals surface area contributed by atoms with Crippen molar-refractivity contribution >= 4 is 45.6 Å². The number of rotatable bonds is 7. The quantitative estimate of drug-likeness (QED) is 0.190. The number of aryl methyl sites for hydroxylation is 1. The monoisotopic (exact) mass is 444 g/mol. The number of hydrazone groups is 1. The molecule has 0 aliphatic carbocycles. The van der Waals surface area contributed by atoms with E-state index in [2.05, 4.69) is 36.7 Å². The van der Waals surface area contributed by atoms with Crippen molar-refractivity contribution in [3.8, 4) is 0 Å². The van der Waals surface area contributed by atoms with Gasteiger partial charge in [-0.15, -0.1) is 10.2 Å². The van der Waals surface area contributed by atoms with Crippen molar-refractivity contribution in [2.24, 2.45) is 5.10 Å². The fraction of sp³-hybridized carbons (Fsp3) is 0.111. The van der Waals surface area contributed by atoms with Crippen molar-refractivity contribution in [1.29, 1.82) is 0 Å². The minimum Gasteiger partial charge on any atom is -0.334 e. The Bertz CT molecular complexity index is 970. The molecule has 7 nitrogen and oxygen atoms in total. The molecule has 3 aromatic rings. The van der Waals surface area contributed by atoms with Gasteiger partial charge in [0.1, 0.15) is 0 Å². The molecule has 3 N–H and O–H groups in total. The van der Waals surface area contributed by atoms with Crippen LogP contribution in [-0.2, 0) is 0 Å². The lowest BCUT2D eigenvalue weighted by molar-refractivity contribution is 0.102. The number of thioether (sulfide) groups is 1. The van der Waals surface area contributed by atoms with Gasteiger partial charge in [0.05, 0.1) is 12.0 Å². The molecule has 0 saturated carbocycles. The van der Waals surface area contributed by atoms with Gasteiger partial charge >= 0.3 is 0 Å². The van der Waals surface area contributed by atoms with Crippen molar-refractivity contribution in [1.82, 2.24) is 14.9 Å². The van der Waals surface area contributed by atoms with Crippen molar-refractivity contribution in [2.45, 2.75) is 12.1 Å². The number of aromatic nitrogens is 3. The summed E-state index contributed by atoms with van der Waals surface area (Å²) in [5, 5.41) is 12.5. The Kier molecular flexibility index (Phi) is 6.25. The molecule has 0 spiro atoms. The average molecular weight is 445 g/mol. The second kappa shape index (κ2) is 8.83. The third-order valence-electron chi connectivity index (χ3n) is 3.60. The van der Waals surface area contributed by atoms with Crippen LogP contribution in [0.25, 0.3) is 0 Å². The van der Waals surface area contributed by atoms with E-state index in [-0.39, 0.29) is 17.5 Å². The number of Topliss-reactive ketones (excluding diaryl/α,β-unsaturated/α-hetero) is 1. The highest BCUT2D eigenvalue weighted by Crippen LogP contribution is 2.18. The lowest BCUT2D eigenvalue weighted by Crippen LogP contribution is -2.14. The Morgan fingerprint density at radius 1 is 1.30 bits per heavy atom. The van der Waals surface area contributed by atoms with Gasteiger partial charge in [0.15, 0.2) is 5.78 Å². The Morgan fingerprint density at radius 2 is 2.07 bits per heavy atom. The van der Waals surface area contributed by atoms with Crippen molar-refractivity contribution in [3.05, 3.63) is 69.7 Å². The van der Waals surface area contributed by atoms with Gasteiger partial charge in [-0.1, -0.05) is 69.7 Å². The number of hydrogen-bond donors (Lipinski definition) is 2. The minimum atomic E-state index is 0.00480. The molecule has 0 atom stereocenters. The zero-order valence-corrected chi connectivity index (χ0v) is 16.9. The van der Waals surface area contributed by atoms with Gasteiger partial charge < -0.3 is 5.84 Å². The predicted molar refractivity (Wildman–Crippen MR) is 112 cm³/mol. The lowest BCUT2D eigenvalue weighted by Gasteiger charge is -2.03. The third kappa shape index (κ3) is 5.18. The predicted octanol–water partition coefficient (Wildman–Crippen LogP) is 3.48. The van der Waals surface area contributed by atoms with Gasteiger partial charge in [0, 0.05) is 10.0 Å². The molecule has 9 heteroatoms. The maximum Gasteiger partial charge on any atom is 0.264 e. The average Bonchev–Trinajstić information content (AvgIpc) is 3.00. The summed E-state index contributed by atoms with van der Waals surface area (Å²) in [5.41, 5.74) is 5.43. The maximum absolute atomic E-state index is 12.2. The van der Waals surface area contributed by atoms with Crippen LogP contribution in [0.3, 0.4) is 0 Å². The Morgan fingerprint density at radius 3 is 2.81 bits per heavy atom. The van der Waals surface area contributed by atoms with Gasteiger partial charge in [-0.3, -0.25) is 4.79 Å². The first kappa shape index (κ1) is 19.1. The normalized spacial score (nSPS) is 11.0. The maximum atomic E-state index is 12.2. The highest BCUT2D eigenvalue weighted by Gasteiger charge is 2.13. The molecule has 1 heterocycles. The first-order valence-electron chi connectivity index (χ1n) is 8.01. The number of carbonyl (C=O) groups is 1. The van der Waals surface area contributed by atoms with Crippen molar-refractivity contribution in [2.75, 3.05) is 17.0 Å².